The quantitative estimate of drug-likeness (QED) is 0.707. The Bertz CT molecular complexity index is 1050. The number of nitrogens with zero attached hydrogens (tertiary/aromatic N) is 4. The molecule has 0 N–H and O–H groups in total. The van der Waals surface area contributed by atoms with E-state index in [-0.39, 0.29) is 23.8 Å². The molecule has 3 aromatic heterocycles. The maximum absolute atomic E-state index is 13.3. The van der Waals surface area contributed by atoms with Crippen molar-refractivity contribution >= 4 is 11.6 Å². The Morgan fingerprint density at radius 1 is 1.30 bits per heavy atom. The molecule has 1 amide bonds. The van der Waals surface area contributed by atoms with Crippen molar-refractivity contribution in [2.75, 3.05) is 14.2 Å². The fourth-order valence-electron chi connectivity index (χ4n) is 4.44. The van der Waals surface area contributed by atoms with Gasteiger partial charge in [-0.15, -0.1) is 0 Å². The highest BCUT2D eigenvalue weighted by Crippen LogP contribution is 2.45. The summed E-state index contributed by atoms with van der Waals surface area (Å²) in [5.74, 6) is 0.758. The van der Waals surface area contributed by atoms with Crippen LogP contribution in [-0.4, -0.2) is 45.7 Å². The zero-order chi connectivity index (χ0) is 18.7. The van der Waals surface area contributed by atoms with E-state index < -0.39 is 0 Å². The second kappa shape index (κ2) is 5.73. The van der Waals surface area contributed by atoms with E-state index in [4.69, 9.17) is 13.9 Å². The minimum Gasteiger partial charge on any atom is -0.490 e. The molecule has 0 unspecified atom stereocenters. The molecule has 1 saturated heterocycles. The normalized spacial score (nSPS) is 20.8. The van der Waals surface area contributed by atoms with Gasteiger partial charge in [0.1, 0.15) is 6.26 Å². The number of carbonyl (C=O) groups excluding carboxylic acids is 1. The fraction of sp³-hybridized carbons (Fsp3) is 0.421. The molecule has 140 valence electrons. The fourth-order valence-corrected chi connectivity index (χ4v) is 4.44. The largest absolute Gasteiger partial charge is 0.490 e. The van der Waals surface area contributed by atoms with Gasteiger partial charge in [-0.2, -0.15) is 5.10 Å². The van der Waals surface area contributed by atoms with Crippen molar-refractivity contribution in [3.63, 3.8) is 0 Å². The Morgan fingerprint density at radius 3 is 2.93 bits per heavy atom. The van der Waals surface area contributed by atoms with Gasteiger partial charge in [0, 0.05) is 30.3 Å². The van der Waals surface area contributed by atoms with Gasteiger partial charge in [-0.25, -0.2) is 9.50 Å². The summed E-state index contributed by atoms with van der Waals surface area (Å²) in [6.45, 7) is 1.96. The monoisotopic (exact) mass is 368 g/mol. The predicted octanol–water partition coefficient (Wildman–Crippen LogP) is 2.55. The van der Waals surface area contributed by atoms with E-state index >= 15 is 0 Å². The standard InChI is InChI=1S/C19H20N4O4/c1-10-6-16-20-8-12-13-5-4-11(7-14(12)23(16)21-10)22(13)19(24)18-17(26-3)15(25-2)9-27-18/h6,8-9,11,13H,4-5,7H2,1-3H3/t11-,13-/m1/s1. The smallest absolute Gasteiger partial charge is 0.294 e. The molecule has 3 aromatic rings. The number of fused-ring (bicyclic) bond motifs is 6. The third-order valence-electron chi connectivity index (χ3n) is 5.59. The Labute approximate surface area is 155 Å². The van der Waals surface area contributed by atoms with Crippen LogP contribution in [0, 0.1) is 6.92 Å². The molecular weight excluding hydrogens is 348 g/mol. The van der Waals surface area contributed by atoms with E-state index in [2.05, 4.69) is 10.1 Å². The molecule has 8 nitrogen and oxygen atoms in total. The van der Waals surface area contributed by atoms with Crippen LogP contribution in [0.15, 0.2) is 22.9 Å². The highest BCUT2D eigenvalue weighted by molar-refractivity contribution is 5.96. The Hall–Kier alpha value is -3.03. The van der Waals surface area contributed by atoms with E-state index in [0.717, 1.165) is 41.9 Å². The van der Waals surface area contributed by atoms with E-state index in [9.17, 15) is 4.79 Å². The summed E-state index contributed by atoms with van der Waals surface area (Å²) in [5.41, 5.74) is 4.00. The topological polar surface area (TPSA) is 82.1 Å². The van der Waals surface area contributed by atoms with E-state index in [1.165, 1.54) is 20.5 Å². The van der Waals surface area contributed by atoms with Crippen LogP contribution < -0.4 is 9.47 Å². The number of amides is 1. The molecule has 5 rings (SSSR count). The SMILES string of the molecule is COc1coc(C(=O)N2[C@@H]3CC[C@@H]2c2cnc4cc(C)nn4c2C3)c1OC. The number of methoxy groups -OCH3 is 2. The molecule has 2 atom stereocenters. The lowest BCUT2D eigenvalue weighted by molar-refractivity contribution is 0.0605. The highest BCUT2D eigenvalue weighted by atomic mass is 16.5. The summed E-state index contributed by atoms with van der Waals surface area (Å²) in [6.07, 6.45) is 5.88. The lowest BCUT2D eigenvalue weighted by Crippen LogP contribution is -2.42. The summed E-state index contributed by atoms with van der Waals surface area (Å²) in [6, 6.07) is 2.04. The molecule has 2 aliphatic rings. The van der Waals surface area contributed by atoms with Crippen molar-refractivity contribution in [2.45, 2.75) is 38.3 Å². The van der Waals surface area contributed by atoms with Crippen molar-refractivity contribution in [1.29, 1.82) is 0 Å². The van der Waals surface area contributed by atoms with Gasteiger partial charge < -0.3 is 18.8 Å². The van der Waals surface area contributed by atoms with Crippen molar-refractivity contribution in [2.24, 2.45) is 0 Å². The minimum atomic E-state index is -0.176. The number of ether oxygens (including phenoxy) is 2. The first-order chi connectivity index (χ1) is 13.1. The second-order valence-electron chi connectivity index (χ2n) is 7.05. The molecule has 5 heterocycles. The second-order valence-corrected chi connectivity index (χ2v) is 7.05. The van der Waals surface area contributed by atoms with Crippen molar-refractivity contribution < 1.29 is 18.7 Å². The Kier molecular flexibility index (Phi) is 3.43. The van der Waals surface area contributed by atoms with Crippen LogP contribution in [0.5, 0.6) is 11.5 Å². The Morgan fingerprint density at radius 2 is 2.15 bits per heavy atom. The zero-order valence-corrected chi connectivity index (χ0v) is 15.4. The summed E-state index contributed by atoms with van der Waals surface area (Å²) >= 11 is 0. The van der Waals surface area contributed by atoms with Crippen molar-refractivity contribution in [1.82, 2.24) is 19.5 Å². The molecule has 27 heavy (non-hydrogen) atoms. The predicted molar refractivity (Wildman–Crippen MR) is 95.2 cm³/mol. The molecule has 2 aliphatic heterocycles. The van der Waals surface area contributed by atoms with Crippen LogP contribution >= 0.6 is 0 Å². The van der Waals surface area contributed by atoms with Crippen LogP contribution in [0.1, 0.15) is 46.4 Å². The molecule has 0 saturated carbocycles. The number of hydrogen-bond donors (Lipinski definition) is 0. The molecule has 0 aliphatic carbocycles. The van der Waals surface area contributed by atoms with Gasteiger partial charge in [-0.05, 0) is 19.8 Å². The first-order valence-corrected chi connectivity index (χ1v) is 8.98. The van der Waals surface area contributed by atoms with Crippen molar-refractivity contribution in [3.05, 3.63) is 41.2 Å². The Balaban J connectivity index is 1.57. The van der Waals surface area contributed by atoms with Gasteiger partial charge in [0.05, 0.1) is 31.6 Å². The lowest BCUT2D eigenvalue weighted by atomic mass is 9.98. The summed E-state index contributed by atoms with van der Waals surface area (Å²) in [4.78, 5) is 19.8. The maximum Gasteiger partial charge on any atom is 0.294 e. The summed E-state index contributed by atoms with van der Waals surface area (Å²) < 4.78 is 18.0. The van der Waals surface area contributed by atoms with E-state index in [0.29, 0.717) is 11.5 Å². The minimum absolute atomic E-state index is 0.0338. The lowest BCUT2D eigenvalue weighted by Gasteiger charge is -2.35. The molecule has 1 fully saturated rings. The third-order valence-corrected chi connectivity index (χ3v) is 5.59. The highest BCUT2D eigenvalue weighted by Gasteiger charge is 2.45. The number of furan rings is 1. The van der Waals surface area contributed by atoms with Gasteiger partial charge in [-0.1, -0.05) is 0 Å². The summed E-state index contributed by atoms with van der Waals surface area (Å²) in [7, 11) is 3.02. The number of carbonyl (C=O) groups is 1. The zero-order valence-electron chi connectivity index (χ0n) is 15.4. The van der Waals surface area contributed by atoms with Gasteiger partial charge >= 0.3 is 0 Å². The number of rotatable bonds is 3. The molecule has 0 aromatic carbocycles. The third kappa shape index (κ3) is 2.19. The van der Waals surface area contributed by atoms with Gasteiger partial charge in [0.25, 0.3) is 5.91 Å². The van der Waals surface area contributed by atoms with Gasteiger partial charge in [0.2, 0.25) is 11.5 Å². The average Bonchev–Trinajstić information content (AvgIpc) is 3.34. The van der Waals surface area contributed by atoms with Crippen molar-refractivity contribution in [3.8, 4) is 11.5 Å². The first kappa shape index (κ1) is 16.2. The van der Waals surface area contributed by atoms with E-state index in [1.807, 2.05) is 28.6 Å². The molecular formula is C19H20N4O4. The van der Waals surface area contributed by atoms with Crippen LogP contribution in [0.4, 0.5) is 0 Å². The molecule has 0 radical (unpaired) electrons. The number of aryl methyl sites for hydroxylation is 1. The maximum atomic E-state index is 13.3. The van der Waals surface area contributed by atoms with Gasteiger partial charge in [-0.3, -0.25) is 4.79 Å². The van der Waals surface area contributed by atoms with Crippen LogP contribution in [-0.2, 0) is 6.42 Å². The number of hydrogen-bond acceptors (Lipinski definition) is 6. The molecule has 0 spiro atoms. The molecule has 8 heteroatoms. The first-order valence-electron chi connectivity index (χ1n) is 8.98. The number of aromatic nitrogens is 3. The molecule has 2 bridgehead atoms. The van der Waals surface area contributed by atoms with Crippen LogP contribution in [0.25, 0.3) is 5.65 Å². The van der Waals surface area contributed by atoms with Crippen LogP contribution in [0.3, 0.4) is 0 Å². The average molecular weight is 368 g/mol. The van der Waals surface area contributed by atoms with Crippen LogP contribution in [0.2, 0.25) is 0 Å². The van der Waals surface area contributed by atoms with Gasteiger partial charge in [0.15, 0.2) is 11.4 Å². The summed E-state index contributed by atoms with van der Waals surface area (Å²) in [5, 5.41) is 4.59. The van der Waals surface area contributed by atoms with E-state index in [1.54, 1.807) is 0 Å².